The fraction of sp³-hybridized carbons (Fsp3) is 1.00. The third-order valence-electron chi connectivity index (χ3n) is 3.28. The van der Waals surface area contributed by atoms with Crippen LogP contribution in [0.15, 0.2) is 0 Å². The first-order valence-corrected chi connectivity index (χ1v) is 7.64. The normalized spacial score (nSPS) is 19.7. The summed E-state index contributed by atoms with van der Waals surface area (Å²) < 4.78 is 25.5. The van der Waals surface area contributed by atoms with E-state index in [4.69, 9.17) is 0 Å². The zero-order valence-corrected chi connectivity index (χ0v) is 10.7. The summed E-state index contributed by atoms with van der Waals surface area (Å²) in [6, 6.07) is 0.264. The van der Waals surface area contributed by atoms with E-state index in [1.807, 2.05) is 6.92 Å². The van der Waals surface area contributed by atoms with Gasteiger partial charge in [-0.25, -0.2) is 12.7 Å². The Labute approximate surface area is 93.9 Å². The van der Waals surface area contributed by atoms with Crippen molar-refractivity contribution in [3.63, 3.8) is 0 Å². The lowest BCUT2D eigenvalue weighted by atomic mass is 9.96. The van der Waals surface area contributed by atoms with Gasteiger partial charge in [0.1, 0.15) is 0 Å². The van der Waals surface area contributed by atoms with Crippen molar-refractivity contribution >= 4 is 10.0 Å². The predicted molar refractivity (Wildman–Crippen MR) is 63.3 cm³/mol. The van der Waals surface area contributed by atoms with E-state index in [2.05, 4.69) is 0 Å². The van der Waals surface area contributed by atoms with Gasteiger partial charge in [0.15, 0.2) is 0 Å². The van der Waals surface area contributed by atoms with E-state index >= 15 is 0 Å². The second-order valence-corrected chi connectivity index (χ2v) is 6.63. The first-order chi connectivity index (χ1) is 7.08. The van der Waals surface area contributed by atoms with Crippen molar-refractivity contribution in [2.45, 2.75) is 57.9 Å². The van der Waals surface area contributed by atoms with E-state index in [1.54, 1.807) is 11.4 Å². The molecule has 0 unspecified atom stereocenters. The highest BCUT2D eigenvalue weighted by Gasteiger charge is 2.26. The van der Waals surface area contributed by atoms with Gasteiger partial charge in [-0.15, -0.1) is 0 Å². The van der Waals surface area contributed by atoms with Gasteiger partial charge < -0.3 is 0 Å². The molecule has 0 N–H and O–H groups in total. The van der Waals surface area contributed by atoms with Gasteiger partial charge in [0.25, 0.3) is 0 Å². The van der Waals surface area contributed by atoms with Crippen LogP contribution in [-0.4, -0.2) is 31.6 Å². The molecule has 4 heteroatoms. The third-order valence-corrected chi connectivity index (χ3v) is 5.26. The van der Waals surface area contributed by atoms with Gasteiger partial charge in [-0.05, 0) is 19.3 Å². The van der Waals surface area contributed by atoms with E-state index in [1.165, 1.54) is 19.3 Å². The van der Waals surface area contributed by atoms with Crippen LogP contribution < -0.4 is 0 Å². The highest BCUT2D eigenvalue weighted by molar-refractivity contribution is 7.89. The third kappa shape index (κ3) is 3.76. The molecule has 1 rings (SSSR count). The first kappa shape index (κ1) is 13.0. The second-order valence-electron chi connectivity index (χ2n) is 4.48. The van der Waals surface area contributed by atoms with Crippen LogP contribution in [-0.2, 0) is 10.0 Å². The number of hydrogen-bond acceptors (Lipinski definition) is 2. The van der Waals surface area contributed by atoms with Gasteiger partial charge in [0, 0.05) is 13.1 Å². The maximum atomic E-state index is 11.9. The topological polar surface area (TPSA) is 37.4 Å². The molecule has 0 aromatic heterocycles. The largest absolute Gasteiger partial charge is 0.214 e. The molecule has 15 heavy (non-hydrogen) atoms. The van der Waals surface area contributed by atoms with Crippen molar-refractivity contribution in [2.75, 3.05) is 12.8 Å². The summed E-state index contributed by atoms with van der Waals surface area (Å²) in [4.78, 5) is 0. The number of unbranched alkanes of at least 4 members (excludes halogenated alkanes) is 1. The fourth-order valence-electron chi connectivity index (χ4n) is 2.14. The monoisotopic (exact) mass is 233 g/mol. The SMILES string of the molecule is CCCCS(=O)(=O)N(C)C1CCCCC1. The molecule has 0 saturated heterocycles. The van der Waals surface area contributed by atoms with E-state index < -0.39 is 10.0 Å². The Morgan fingerprint density at radius 3 is 2.33 bits per heavy atom. The molecule has 3 nitrogen and oxygen atoms in total. The summed E-state index contributed by atoms with van der Waals surface area (Å²) in [6.45, 7) is 2.02. The average molecular weight is 233 g/mol. The molecule has 1 saturated carbocycles. The molecule has 1 aliphatic rings. The van der Waals surface area contributed by atoms with Crippen LogP contribution in [0.25, 0.3) is 0 Å². The fourth-order valence-corrected chi connectivity index (χ4v) is 3.75. The Morgan fingerprint density at radius 2 is 1.80 bits per heavy atom. The van der Waals surface area contributed by atoms with Crippen LogP contribution in [0.1, 0.15) is 51.9 Å². The molecule has 90 valence electrons. The molecule has 0 aromatic carbocycles. The molecule has 0 bridgehead atoms. The quantitative estimate of drug-likeness (QED) is 0.731. The first-order valence-electron chi connectivity index (χ1n) is 6.03. The van der Waals surface area contributed by atoms with Crippen molar-refractivity contribution in [3.05, 3.63) is 0 Å². The minimum absolute atomic E-state index is 0.264. The zero-order chi connectivity index (χ0) is 11.3. The molecule has 0 aliphatic heterocycles. The molecule has 0 radical (unpaired) electrons. The Morgan fingerprint density at radius 1 is 1.20 bits per heavy atom. The summed E-state index contributed by atoms with van der Waals surface area (Å²) in [5, 5.41) is 0. The lowest BCUT2D eigenvalue weighted by Gasteiger charge is -2.30. The van der Waals surface area contributed by atoms with Crippen molar-refractivity contribution in [1.29, 1.82) is 0 Å². The molecule has 0 atom stereocenters. The molecular formula is C11H23NO2S. The standard InChI is InChI=1S/C11H23NO2S/c1-3-4-10-15(13,14)12(2)11-8-6-5-7-9-11/h11H,3-10H2,1-2H3. The van der Waals surface area contributed by atoms with Crippen LogP contribution in [0.5, 0.6) is 0 Å². The summed E-state index contributed by atoms with van der Waals surface area (Å²) in [6.07, 6.45) is 7.43. The van der Waals surface area contributed by atoms with Gasteiger partial charge in [0.2, 0.25) is 10.0 Å². The van der Waals surface area contributed by atoms with Crippen LogP contribution in [0.3, 0.4) is 0 Å². The highest BCUT2D eigenvalue weighted by Crippen LogP contribution is 2.23. The smallest absolute Gasteiger partial charge is 0.212 e. The molecule has 0 heterocycles. The Kier molecular flexibility index (Phi) is 5.06. The molecule has 1 fully saturated rings. The van der Waals surface area contributed by atoms with Gasteiger partial charge in [-0.3, -0.25) is 0 Å². The van der Waals surface area contributed by atoms with Crippen LogP contribution in [0, 0.1) is 0 Å². The lowest BCUT2D eigenvalue weighted by molar-refractivity contribution is 0.285. The number of sulfonamides is 1. The second kappa shape index (κ2) is 5.85. The van der Waals surface area contributed by atoms with E-state index in [0.29, 0.717) is 5.75 Å². The van der Waals surface area contributed by atoms with Crippen LogP contribution >= 0.6 is 0 Å². The average Bonchev–Trinajstić information content (AvgIpc) is 2.26. The van der Waals surface area contributed by atoms with Crippen molar-refractivity contribution < 1.29 is 8.42 Å². The maximum absolute atomic E-state index is 11.9. The van der Waals surface area contributed by atoms with Gasteiger partial charge in [-0.2, -0.15) is 0 Å². The van der Waals surface area contributed by atoms with Crippen molar-refractivity contribution in [2.24, 2.45) is 0 Å². The summed E-state index contributed by atoms with van der Waals surface area (Å²) in [5.74, 6) is 0.316. The van der Waals surface area contributed by atoms with E-state index in [9.17, 15) is 8.42 Å². The molecular weight excluding hydrogens is 210 g/mol. The van der Waals surface area contributed by atoms with Crippen molar-refractivity contribution in [1.82, 2.24) is 4.31 Å². The summed E-state index contributed by atoms with van der Waals surface area (Å²) in [5.41, 5.74) is 0. The zero-order valence-electron chi connectivity index (χ0n) is 9.91. The molecule has 0 amide bonds. The Hall–Kier alpha value is -0.0900. The number of rotatable bonds is 5. The number of hydrogen-bond donors (Lipinski definition) is 0. The van der Waals surface area contributed by atoms with Crippen LogP contribution in [0.2, 0.25) is 0 Å². The Bertz CT molecular complexity index is 268. The Balaban J connectivity index is 2.53. The highest BCUT2D eigenvalue weighted by atomic mass is 32.2. The molecule has 0 spiro atoms. The van der Waals surface area contributed by atoms with Gasteiger partial charge in [0.05, 0.1) is 5.75 Å². The molecule has 0 aromatic rings. The predicted octanol–water partition coefficient (Wildman–Crippen LogP) is 2.38. The van der Waals surface area contributed by atoms with E-state index in [-0.39, 0.29) is 6.04 Å². The summed E-state index contributed by atoms with van der Waals surface area (Å²) >= 11 is 0. The number of nitrogens with zero attached hydrogens (tertiary/aromatic N) is 1. The molecule has 1 aliphatic carbocycles. The maximum Gasteiger partial charge on any atom is 0.214 e. The minimum atomic E-state index is -2.99. The lowest BCUT2D eigenvalue weighted by Crippen LogP contribution is -2.39. The van der Waals surface area contributed by atoms with Gasteiger partial charge >= 0.3 is 0 Å². The van der Waals surface area contributed by atoms with Gasteiger partial charge in [-0.1, -0.05) is 32.6 Å². The summed E-state index contributed by atoms with van der Waals surface area (Å²) in [7, 11) is -1.24. The minimum Gasteiger partial charge on any atom is -0.212 e. The van der Waals surface area contributed by atoms with E-state index in [0.717, 1.165) is 25.7 Å². The van der Waals surface area contributed by atoms with Crippen molar-refractivity contribution in [3.8, 4) is 0 Å². The van der Waals surface area contributed by atoms with Crippen LogP contribution in [0.4, 0.5) is 0 Å².